The second kappa shape index (κ2) is 7.80. The number of rotatable bonds is 7. The van der Waals surface area contributed by atoms with E-state index in [-0.39, 0.29) is 24.7 Å². The van der Waals surface area contributed by atoms with E-state index in [1.54, 1.807) is 6.92 Å². The van der Waals surface area contributed by atoms with Crippen LogP contribution in [0.25, 0.3) is 0 Å². The summed E-state index contributed by atoms with van der Waals surface area (Å²) < 4.78 is 26.5. The van der Waals surface area contributed by atoms with Crippen LogP contribution in [0.3, 0.4) is 0 Å². The molecule has 1 aliphatic carbocycles. The van der Waals surface area contributed by atoms with Gasteiger partial charge in [0.05, 0.1) is 6.61 Å². The highest BCUT2D eigenvalue weighted by Crippen LogP contribution is 2.49. The van der Waals surface area contributed by atoms with Crippen LogP contribution < -0.4 is 10.4 Å². The Bertz CT molecular complexity index is 764. The van der Waals surface area contributed by atoms with Crippen LogP contribution in [0, 0.1) is 5.92 Å². The van der Waals surface area contributed by atoms with Crippen LogP contribution in [0.4, 0.5) is 4.39 Å². The highest BCUT2D eigenvalue weighted by atomic mass is 28.4. The molecule has 0 heterocycles. The van der Waals surface area contributed by atoms with Gasteiger partial charge in [-0.2, -0.15) is 0 Å². The number of hydrogen-bond acceptors (Lipinski definition) is 3. The lowest BCUT2D eigenvalue weighted by atomic mass is 10.2. The molecule has 2 unspecified atom stereocenters. The van der Waals surface area contributed by atoms with E-state index in [2.05, 4.69) is 45.0 Å². The molecule has 2 atom stereocenters. The molecular formula is C23H29FO3Si. The number of ether oxygens (including phenoxy) is 1. The van der Waals surface area contributed by atoms with Crippen molar-refractivity contribution in [3.05, 3.63) is 60.7 Å². The third kappa shape index (κ3) is 3.65. The Labute approximate surface area is 168 Å². The Kier molecular flexibility index (Phi) is 5.78. The fourth-order valence-electron chi connectivity index (χ4n) is 3.98. The van der Waals surface area contributed by atoms with Crippen molar-refractivity contribution in [3.63, 3.8) is 0 Å². The fraction of sp³-hybridized carbons (Fsp3) is 0.435. The van der Waals surface area contributed by atoms with Crippen LogP contribution in [0.5, 0.6) is 0 Å². The molecular weight excluding hydrogens is 371 g/mol. The van der Waals surface area contributed by atoms with Gasteiger partial charge in [-0.1, -0.05) is 81.4 Å². The predicted octanol–water partition coefficient (Wildman–Crippen LogP) is 3.85. The van der Waals surface area contributed by atoms with Gasteiger partial charge in [-0.25, -0.2) is 9.18 Å². The van der Waals surface area contributed by atoms with Crippen molar-refractivity contribution in [3.8, 4) is 0 Å². The quantitative estimate of drug-likeness (QED) is 0.523. The van der Waals surface area contributed by atoms with Gasteiger partial charge >= 0.3 is 5.97 Å². The van der Waals surface area contributed by atoms with Gasteiger partial charge in [-0.15, -0.1) is 0 Å². The second-order valence-electron chi connectivity index (χ2n) is 8.46. The molecule has 0 radical (unpaired) electrons. The highest BCUT2D eigenvalue weighted by molar-refractivity contribution is 6.99. The number of alkyl halides is 1. The molecule has 1 aliphatic rings. The maximum atomic E-state index is 14.9. The van der Waals surface area contributed by atoms with Gasteiger partial charge in [0.25, 0.3) is 8.32 Å². The molecule has 0 aromatic heterocycles. The minimum atomic E-state index is -2.71. The molecule has 150 valence electrons. The van der Waals surface area contributed by atoms with Crippen molar-refractivity contribution < 1.29 is 18.3 Å². The van der Waals surface area contributed by atoms with E-state index in [9.17, 15) is 9.18 Å². The molecule has 3 rings (SSSR count). The zero-order valence-corrected chi connectivity index (χ0v) is 18.1. The summed E-state index contributed by atoms with van der Waals surface area (Å²) in [5.41, 5.74) is -1.90. The summed E-state index contributed by atoms with van der Waals surface area (Å²) in [6.07, 6.45) is 0.171. The van der Waals surface area contributed by atoms with E-state index in [0.29, 0.717) is 0 Å². The molecule has 1 fully saturated rings. The first-order valence-electron chi connectivity index (χ1n) is 9.87. The van der Waals surface area contributed by atoms with E-state index in [1.165, 1.54) is 0 Å². The van der Waals surface area contributed by atoms with E-state index in [1.807, 2.05) is 36.4 Å². The Balaban J connectivity index is 1.95. The average molecular weight is 401 g/mol. The van der Waals surface area contributed by atoms with Gasteiger partial charge < -0.3 is 9.16 Å². The topological polar surface area (TPSA) is 35.5 Å². The number of halogens is 1. The minimum Gasteiger partial charge on any atom is -0.464 e. The summed E-state index contributed by atoms with van der Waals surface area (Å²) in [6.45, 7) is 8.63. The molecule has 1 saturated carbocycles. The van der Waals surface area contributed by atoms with E-state index >= 15 is 0 Å². The molecule has 5 heteroatoms. The van der Waals surface area contributed by atoms with E-state index in [0.717, 1.165) is 10.4 Å². The summed E-state index contributed by atoms with van der Waals surface area (Å²) in [5, 5.41) is 2.12. The normalized spacial score (nSPS) is 22.0. The predicted molar refractivity (Wildman–Crippen MR) is 112 cm³/mol. The number of carbonyl (C=O) groups excluding carboxylic acids is 1. The lowest BCUT2D eigenvalue weighted by Gasteiger charge is -2.43. The Morgan fingerprint density at radius 2 is 1.57 bits per heavy atom. The van der Waals surface area contributed by atoms with Crippen molar-refractivity contribution in [2.75, 3.05) is 13.2 Å². The van der Waals surface area contributed by atoms with Crippen molar-refractivity contribution in [2.45, 2.75) is 44.8 Å². The molecule has 3 nitrogen and oxygen atoms in total. The van der Waals surface area contributed by atoms with Gasteiger partial charge in [0.2, 0.25) is 5.67 Å². The van der Waals surface area contributed by atoms with Crippen molar-refractivity contribution in [2.24, 2.45) is 5.92 Å². The molecule has 0 amide bonds. The zero-order valence-electron chi connectivity index (χ0n) is 17.1. The SMILES string of the molecule is CCOC(=O)C1(F)CC1CO[Si](c1ccccc1)(c1ccccc1)C(C)(C)C. The third-order valence-corrected chi connectivity index (χ3v) is 10.6. The van der Waals surface area contributed by atoms with Gasteiger partial charge in [0, 0.05) is 18.9 Å². The smallest absolute Gasteiger partial charge is 0.344 e. The Hall–Kier alpha value is -1.98. The largest absolute Gasteiger partial charge is 0.464 e. The molecule has 0 spiro atoms. The summed E-state index contributed by atoms with van der Waals surface area (Å²) in [4.78, 5) is 12.0. The lowest BCUT2D eigenvalue weighted by Crippen LogP contribution is -2.66. The minimum absolute atomic E-state index is 0.171. The zero-order chi connectivity index (χ0) is 20.4. The molecule has 0 N–H and O–H groups in total. The van der Waals surface area contributed by atoms with E-state index < -0.39 is 25.9 Å². The van der Waals surface area contributed by atoms with Crippen molar-refractivity contribution in [1.29, 1.82) is 0 Å². The first-order valence-corrected chi connectivity index (χ1v) is 11.8. The summed E-state index contributed by atoms with van der Waals surface area (Å²) in [7, 11) is -2.71. The summed E-state index contributed by atoms with van der Waals surface area (Å²) >= 11 is 0. The average Bonchev–Trinajstić information content (AvgIpc) is 3.35. The number of esters is 1. The van der Waals surface area contributed by atoms with Crippen LogP contribution in [-0.2, 0) is 14.0 Å². The molecule has 2 aromatic carbocycles. The van der Waals surface area contributed by atoms with Crippen molar-refractivity contribution >= 4 is 24.7 Å². The van der Waals surface area contributed by atoms with Gasteiger partial charge in [-0.05, 0) is 22.3 Å². The van der Waals surface area contributed by atoms with Crippen molar-refractivity contribution in [1.82, 2.24) is 0 Å². The maximum Gasteiger partial charge on any atom is 0.344 e. The lowest BCUT2D eigenvalue weighted by molar-refractivity contribution is -0.151. The molecule has 0 bridgehead atoms. The molecule has 2 aromatic rings. The number of benzene rings is 2. The van der Waals surface area contributed by atoms with Crippen LogP contribution in [0.1, 0.15) is 34.1 Å². The van der Waals surface area contributed by atoms with Crippen LogP contribution in [0.15, 0.2) is 60.7 Å². The first-order chi connectivity index (χ1) is 13.3. The summed E-state index contributed by atoms with van der Waals surface area (Å²) in [6, 6.07) is 20.5. The standard InChI is InChI=1S/C23H29FO3Si/c1-5-26-21(25)23(24)16-18(23)17-27-28(22(2,3)4,19-12-8-6-9-13-19)20-14-10-7-11-15-20/h6-15,18H,5,16-17H2,1-4H3. The second-order valence-corrected chi connectivity index (χ2v) is 12.8. The Morgan fingerprint density at radius 3 is 2.00 bits per heavy atom. The van der Waals surface area contributed by atoms with E-state index in [4.69, 9.17) is 9.16 Å². The highest BCUT2D eigenvalue weighted by Gasteiger charge is 2.64. The van der Waals surface area contributed by atoms with Gasteiger partial charge in [-0.3, -0.25) is 0 Å². The fourth-order valence-corrected chi connectivity index (χ4v) is 8.59. The number of hydrogen-bond donors (Lipinski definition) is 0. The van der Waals surface area contributed by atoms with Crippen LogP contribution in [0.2, 0.25) is 5.04 Å². The van der Waals surface area contributed by atoms with Crippen LogP contribution >= 0.6 is 0 Å². The van der Waals surface area contributed by atoms with Gasteiger partial charge in [0.15, 0.2) is 0 Å². The first kappa shape index (κ1) is 20.7. The van der Waals surface area contributed by atoms with Crippen LogP contribution in [-0.4, -0.2) is 33.2 Å². The monoisotopic (exact) mass is 400 g/mol. The molecule has 0 aliphatic heterocycles. The maximum absolute atomic E-state index is 14.9. The number of carbonyl (C=O) groups is 1. The summed E-state index contributed by atoms with van der Waals surface area (Å²) in [5.74, 6) is -1.21. The molecule has 0 saturated heterocycles. The third-order valence-electron chi connectivity index (χ3n) is 5.56. The van der Waals surface area contributed by atoms with Gasteiger partial charge in [0.1, 0.15) is 0 Å². The Morgan fingerprint density at radius 1 is 1.07 bits per heavy atom. The molecule has 28 heavy (non-hydrogen) atoms.